The van der Waals surface area contributed by atoms with E-state index < -0.39 is 0 Å². The fourth-order valence-corrected chi connectivity index (χ4v) is 4.56. The molecule has 1 atom stereocenters. The van der Waals surface area contributed by atoms with Crippen LogP contribution < -0.4 is 0 Å². The summed E-state index contributed by atoms with van der Waals surface area (Å²) in [5.41, 5.74) is 0. The molecule has 2 amide bonds. The molecule has 2 saturated heterocycles. The van der Waals surface area contributed by atoms with Gasteiger partial charge in [0.05, 0.1) is 4.88 Å². The molecule has 5 nitrogen and oxygen atoms in total. The monoisotopic (exact) mass is 376 g/mol. The molecular formula is C20H28N2O3S. The van der Waals surface area contributed by atoms with Gasteiger partial charge in [-0.25, -0.2) is 0 Å². The number of rotatable bonds is 6. The third-order valence-corrected chi connectivity index (χ3v) is 6.45. The zero-order valence-electron chi connectivity index (χ0n) is 15.5. The average Bonchev–Trinajstić information content (AvgIpc) is 3.33. The lowest BCUT2D eigenvalue weighted by Crippen LogP contribution is -2.49. The maximum Gasteiger partial charge on any atom is 0.245 e. The van der Waals surface area contributed by atoms with Gasteiger partial charge >= 0.3 is 0 Å². The summed E-state index contributed by atoms with van der Waals surface area (Å²) in [5.74, 6) is 0.924. The van der Waals surface area contributed by atoms with Crippen molar-refractivity contribution in [3.63, 3.8) is 0 Å². The zero-order valence-corrected chi connectivity index (χ0v) is 16.3. The second-order valence-corrected chi connectivity index (χ2v) is 8.45. The normalized spacial score (nSPS) is 21.2. The van der Waals surface area contributed by atoms with Gasteiger partial charge < -0.3 is 9.80 Å². The Kier molecular flexibility index (Phi) is 6.46. The van der Waals surface area contributed by atoms with E-state index in [0.717, 1.165) is 43.6 Å². The number of carbonyl (C=O) groups is 3. The van der Waals surface area contributed by atoms with Gasteiger partial charge in [0.25, 0.3) is 0 Å². The molecule has 3 rings (SSSR count). The summed E-state index contributed by atoms with van der Waals surface area (Å²) >= 11 is 1.44. The Morgan fingerprint density at radius 2 is 1.88 bits per heavy atom. The zero-order chi connectivity index (χ0) is 18.5. The van der Waals surface area contributed by atoms with Crippen molar-refractivity contribution in [1.29, 1.82) is 0 Å². The molecule has 2 fully saturated rings. The SMILES string of the molecule is CC1CCN(C(=O)[C@@H]2CCCN2C(=O)CCCC(=O)c2cccs2)CC1. The van der Waals surface area contributed by atoms with Crippen molar-refractivity contribution in [2.24, 2.45) is 5.92 Å². The van der Waals surface area contributed by atoms with Gasteiger partial charge in [-0.3, -0.25) is 14.4 Å². The van der Waals surface area contributed by atoms with Crippen LogP contribution in [-0.2, 0) is 9.59 Å². The first-order chi connectivity index (χ1) is 12.6. The molecule has 0 bridgehead atoms. The van der Waals surface area contributed by atoms with Gasteiger partial charge in [-0.15, -0.1) is 11.3 Å². The Bertz CT molecular complexity index is 635. The van der Waals surface area contributed by atoms with Crippen molar-refractivity contribution in [2.75, 3.05) is 19.6 Å². The topological polar surface area (TPSA) is 57.7 Å². The largest absolute Gasteiger partial charge is 0.341 e. The highest BCUT2D eigenvalue weighted by Crippen LogP contribution is 2.24. The molecule has 0 N–H and O–H groups in total. The molecule has 0 saturated carbocycles. The minimum absolute atomic E-state index is 0.0187. The maximum absolute atomic E-state index is 12.8. The van der Waals surface area contributed by atoms with Crippen molar-refractivity contribution in [2.45, 2.75) is 57.9 Å². The first kappa shape index (κ1) is 19.1. The summed E-state index contributed by atoms with van der Waals surface area (Å²) < 4.78 is 0. The standard InChI is InChI=1S/C20H28N2O3S/c1-15-9-12-21(13-10-15)20(25)16-5-3-11-22(16)19(24)8-2-6-17(23)18-7-4-14-26-18/h4,7,14-16H,2-3,5-6,8-13H2,1H3/t16-/m0/s1. The fourth-order valence-electron chi connectivity index (χ4n) is 3.87. The molecule has 0 aliphatic carbocycles. The molecule has 0 radical (unpaired) electrons. The van der Waals surface area contributed by atoms with Crippen molar-refractivity contribution in [3.8, 4) is 0 Å². The lowest BCUT2D eigenvalue weighted by molar-refractivity contribution is -0.144. The minimum Gasteiger partial charge on any atom is -0.341 e. The average molecular weight is 377 g/mol. The number of amides is 2. The molecule has 26 heavy (non-hydrogen) atoms. The number of nitrogens with zero attached hydrogens (tertiary/aromatic N) is 2. The summed E-state index contributed by atoms with van der Waals surface area (Å²) in [6.07, 6.45) is 5.05. The van der Waals surface area contributed by atoms with Gasteiger partial charge in [-0.1, -0.05) is 13.0 Å². The van der Waals surface area contributed by atoms with Gasteiger partial charge in [0.1, 0.15) is 6.04 Å². The highest BCUT2D eigenvalue weighted by Gasteiger charge is 2.36. The minimum atomic E-state index is -0.288. The van der Waals surface area contributed by atoms with Crippen LogP contribution in [0.3, 0.4) is 0 Å². The number of likely N-dealkylation sites (tertiary alicyclic amines) is 2. The van der Waals surface area contributed by atoms with E-state index in [1.165, 1.54) is 11.3 Å². The molecule has 1 aromatic rings. The number of carbonyl (C=O) groups excluding carboxylic acids is 3. The van der Waals surface area contributed by atoms with E-state index in [9.17, 15) is 14.4 Å². The van der Waals surface area contributed by atoms with E-state index in [2.05, 4.69) is 6.92 Å². The Labute approximate surface area is 159 Å². The van der Waals surface area contributed by atoms with E-state index in [1.807, 2.05) is 22.4 Å². The van der Waals surface area contributed by atoms with Gasteiger partial charge in [-0.2, -0.15) is 0 Å². The second kappa shape index (κ2) is 8.80. The van der Waals surface area contributed by atoms with Crippen LogP contribution in [0.15, 0.2) is 17.5 Å². The Balaban J connectivity index is 1.48. The smallest absolute Gasteiger partial charge is 0.245 e. The number of piperidine rings is 1. The molecule has 6 heteroatoms. The molecule has 2 aliphatic heterocycles. The van der Waals surface area contributed by atoms with E-state index in [4.69, 9.17) is 0 Å². The van der Waals surface area contributed by atoms with Crippen LogP contribution in [0.1, 0.15) is 61.5 Å². The van der Waals surface area contributed by atoms with Crippen LogP contribution >= 0.6 is 11.3 Å². The van der Waals surface area contributed by atoms with E-state index in [-0.39, 0.29) is 23.6 Å². The highest BCUT2D eigenvalue weighted by atomic mass is 32.1. The molecule has 2 aliphatic rings. The van der Waals surface area contributed by atoms with Crippen LogP contribution in [0.25, 0.3) is 0 Å². The Morgan fingerprint density at radius 1 is 1.12 bits per heavy atom. The third-order valence-electron chi connectivity index (χ3n) is 5.54. The number of Topliss-reactive ketones (excluding diaryl/α,β-unsaturated/α-hetero) is 1. The molecular weight excluding hydrogens is 348 g/mol. The van der Waals surface area contributed by atoms with Crippen molar-refractivity contribution in [3.05, 3.63) is 22.4 Å². The van der Waals surface area contributed by atoms with Gasteiger partial charge in [0.2, 0.25) is 11.8 Å². The summed E-state index contributed by atoms with van der Waals surface area (Å²) in [6, 6.07) is 3.40. The van der Waals surface area contributed by atoms with E-state index in [0.29, 0.717) is 31.7 Å². The van der Waals surface area contributed by atoms with Crippen LogP contribution in [-0.4, -0.2) is 53.1 Å². The summed E-state index contributed by atoms with van der Waals surface area (Å²) in [4.78, 5) is 41.9. The molecule has 0 unspecified atom stereocenters. The van der Waals surface area contributed by atoms with Crippen LogP contribution in [0.5, 0.6) is 0 Å². The molecule has 0 spiro atoms. The first-order valence-electron chi connectivity index (χ1n) is 9.71. The lowest BCUT2D eigenvalue weighted by atomic mass is 9.98. The quantitative estimate of drug-likeness (QED) is 0.716. The number of ketones is 1. The Morgan fingerprint density at radius 3 is 2.58 bits per heavy atom. The summed E-state index contributed by atoms with van der Waals surface area (Å²) in [5, 5.41) is 1.89. The highest BCUT2D eigenvalue weighted by molar-refractivity contribution is 7.12. The van der Waals surface area contributed by atoms with Crippen molar-refractivity contribution < 1.29 is 14.4 Å². The van der Waals surface area contributed by atoms with Crippen LogP contribution in [0.2, 0.25) is 0 Å². The van der Waals surface area contributed by atoms with E-state index >= 15 is 0 Å². The predicted octanol–water partition coefficient (Wildman–Crippen LogP) is 3.35. The third kappa shape index (κ3) is 4.53. The van der Waals surface area contributed by atoms with Crippen molar-refractivity contribution >= 4 is 28.9 Å². The van der Waals surface area contributed by atoms with E-state index in [1.54, 1.807) is 4.90 Å². The summed E-state index contributed by atoms with van der Waals surface area (Å²) in [6.45, 7) is 4.52. The number of thiophene rings is 1. The lowest BCUT2D eigenvalue weighted by Gasteiger charge is -2.34. The summed E-state index contributed by atoms with van der Waals surface area (Å²) in [7, 11) is 0. The van der Waals surface area contributed by atoms with Crippen LogP contribution in [0.4, 0.5) is 0 Å². The predicted molar refractivity (Wildman–Crippen MR) is 102 cm³/mol. The fraction of sp³-hybridized carbons (Fsp3) is 0.650. The number of hydrogen-bond donors (Lipinski definition) is 0. The Hall–Kier alpha value is -1.69. The van der Waals surface area contributed by atoms with Gasteiger partial charge in [-0.05, 0) is 49.5 Å². The molecule has 1 aromatic heterocycles. The van der Waals surface area contributed by atoms with Gasteiger partial charge in [0.15, 0.2) is 5.78 Å². The van der Waals surface area contributed by atoms with Gasteiger partial charge in [0, 0.05) is 32.5 Å². The second-order valence-electron chi connectivity index (χ2n) is 7.51. The van der Waals surface area contributed by atoms with Crippen molar-refractivity contribution in [1.82, 2.24) is 9.80 Å². The number of hydrogen-bond acceptors (Lipinski definition) is 4. The molecule has 142 valence electrons. The molecule has 0 aromatic carbocycles. The first-order valence-corrected chi connectivity index (χ1v) is 10.6. The maximum atomic E-state index is 12.8. The van der Waals surface area contributed by atoms with Crippen LogP contribution in [0, 0.1) is 5.92 Å². The molecule has 3 heterocycles.